The molecule has 4 rings (SSSR count). The number of thiophene rings is 1. The van der Waals surface area contributed by atoms with E-state index < -0.39 is 0 Å². The van der Waals surface area contributed by atoms with Gasteiger partial charge in [-0.25, -0.2) is 0 Å². The van der Waals surface area contributed by atoms with E-state index in [1.165, 1.54) is 10.4 Å². The molecule has 0 bridgehead atoms. The number of para-hydroxylation sites is 1. The number of nitrogens with one attached hydrogen (secondary N) is 2. The molecule has 150 valence electrons. The lowest BCUT2D eigenvalue weighted by Gasteiger charge is -2.19. The number of hydrogen-bond donors (Lipinski definition) is 2. The predicted octanol–water partition coefficient (Wildman–Crippen LogP) is 6.04. The molecule has 0 fully saturated rings. The van der Waals surface area contributed by atoms with E-state index in [0.717, 1.165) is 22.4 Å². The average Bonchev–Trinajstić information content (AvgIpc) is 3.31. The molecule has 1 amide bonds. The minimum absolute atomic E-state index is 0.0132. The molecule has 0 spiro atoms. The average molecular weight is 413 g/mol. The van der Waals surface area contributed by atoms with Gasteiger partial charge in [-0.2, -0.15) is 0 Å². The maximum Gasteiger partial charge on any atom is 0.238 e. The molecule has 0 saturated carbocycles. The van der Waals surface area contributed by atoms with Crippen LogP contribution in [-0.2, 0) is 4.79 Å². The highest BCUT2D eigenvalue weighted by Crippen LogP contribution is 2.28. The Morgan fingerprint density at radius 3 is 2.33 bits per heavy atom. The summed E-state index contributed by atoms with van der Waals surface area (Å²) >= 11 is 1.69. The number of anilines is 1. The molecule has 4 aromatic rings. The molecule has 1 heterocycles. The van der Waals surface area contributed by atoms with E-state index in [4.69, 9.17) is 0 Å². The number of rotatable bonds is 7. The Bertz CT molecular complexity index is 1090. The molecule has 0 aliphatic heterocycles. The Labute approximate surface area is 181 Å². The van der Waals surface area contributed by atoms with Gasteiger partial charge in [0, 0.05) is 16.1 Å². The van der Waals surface area contributed by atoms with Crippen molar-refractivity contribution >= 4 is 22.9 Å². The summed E-state index contributed by atoms with van der Waals surface area (Å²) in [4.78, 5) is 14.0. The van der Waals surface area contributed by atoms with Crippen molar-refractivity contribution < 1.29 is 4.79 Å². The van der Waals surface area contributed by atoms with Crippen LogP contribution >= 0.6 is 11.3 Å². The lowest BCUT2D eigenvalue weighted by Crippen LogP contribution is -2.31. The van der Waals surface area contributed by atoms with E-state index >= 15 is 0 Å². The first kappa shape index (κ1) is 20.1. The summed E-state index contributed by atoms with van der Waals surface area (Å²) in [6.45, 7) is 2.30. The summed E-state index contributed by atoms with van der Waals surface area (Å²) in [5.74, 6) is -0.0629. The van der Waals surface area contributed by atoms with Crippen molar-refractivity contribution in [1.29, 1.82) is 0 Å². The summed E-state index contributed by atoms with van der Waals surface area (Å²) in [5, 5.41) is 8.57. The third kappa shape index (κ3) is 4.85. The van der Waals surface area contributed by atoms with Crippen LogP contribution in [0.25, 0.3) is 11.1 Å². The van der Waals surface area contributed by atoms with Crippen LogP contribution in [0.5, 0.6) is 0 Å². The zero-order chi connectivity index (χ0) is 20.8. The number of carbonyl (C=O) groups excluding carboxylic acids is 1. The van der Waals surface area contributed by atoms with Crippen molar-refractivity contribution in [3.63, 3.8) is 0 Å². The van der Waals surface area contributed by atoms with Gasteiger partial charge in [0.1, 0.15) is 0 Å². The Kier molecular flexibility index (Phi) is 6.38. The van der Waals surface area contributed by atoms with Crippen molar-refractivity contribution in [3.8, 4) is 11.1 Å². The largest absolute Gasteiger partial charge is 0.324 e. The number of amides is 1. The monoisotopic (exact) mass is 412 g/mol. The smallest absolute Gasteiger partial charge is 0.238 e. The summed E-state index contributed by atoms with van der Waals surface area (Å²) in [7, 11) is 0. The van der Waals surface area contributed by atoms with Crippen LogP contribution in [0.15, 0.2) is 96.4 Å². The lowest BCUT2D eigenvalue weighted by atomic mass is 10.0. The summed E-state index contributed by atoms with van der Waals surface area (Å²) < 4.78 is 0. The Hall–Kier alpha value is -3.21. The molecule has 1 aromatic heterocycles. The van der Waals surface area contributed by atoms with Gasteiger partial charge in [0.2, 0.25) is 5.91 Å². The van der Waals surface area contributed by atoms with E-state index in [1.807, 2.05) is 60.7 Å². The minimum atomic E-state index is -0.0629. The van der Waals surface area contributed by atoms with Gasteiger partial charge in [-0.3, -0.25) is 10.1 Å². The fraction of sp³-hybridized carbons (Fsp3) is 0.115. The van der Waals surface area contributed by atoms with Gasteiger partial charge < -0.3 is 5.32 Å². The third-order valence-corrected chi connectivity index (χ3v) is 5.93. The first-order chi connectivity index (χ1) is 14.7. The maximum absolute atomic E-state index is 12.8. The second kappa shape index (κ2) is 9.53. The quantitative estimate of drug-likeness (QED) is 0.388. The van der Waals surface area contributed by atoms with E-state index in [0.29, 0.717) is 0 Å². The lowest BCUT2D eigenvalue weighted by molar-refractivity contribution is -0.115. The van der Waals surface area contributed by atoms with Crippen LogP contribution in [0.1, 0.15) is 22.0 Å². The first-order valence-electron chi connectivity index (χ1n) is 9.98. The van der Waals surface area contributed by atoms with Crippen molar-refractivity contribution in [2.24, 2.45) is 0 Å². The van der Waals surface area contributed by atoms with Crippen molar-refractivity contribution in [3.05, 3.63) is 112 Å². The number of benzene rings is 3. The highest BCUT2D eigenvalue weighted by molar-refractivity contribution is 7.10. The van der Waals surface area contributed by atoms with Crippen molar-refractivity contribution in [2.45, 2.75) is 13.0 Å². The molecule has 3 aromatic carbocycles. The molecule has 0 aliphatic carbocycles. The fourth-order valence-electron chi connectivity index (χ4n) is 3.45. The van der Waals surface area contributed by atoms with Gasteiger partial charge in [0.05, 0.1) is 12.6 Å². The minimum Gasteiger partial charge on any atom is -0.324 e. The Balaban J connectivity index is 1.48. The number of hydrogen-bond acceptors (Lipinski definition) is 3. The topological polar surface area (TPSA) is 41.1 Å². The highest BCUT2D eigenvalue weighted by atomic mass is 32.1. The summed E-state index contributed by atoms with van der Waals surface area (Å²) in [6, 6.07) is 30.6. The van der Waals surface area contributed by atoms with Gasteiger partial charge in [0.15, 0.2) is 0 Å². The fourth-order valence-corrected chi connectivity index (χ4v) is 4.27. The van der Waals surface area contributed by atoms with E-state index in [9.17, 15) is 4.79 Å². The second-order valence-electron chi connectivity index (χ2n) is 7.20. The molecule has 30 heavy (non-hydrogen) atoms. The molecular formula is C26H24N2OS. The predicted molar refractivity (Wildman–Crippen MR) is 126 cm³/mol. The molecule has 2 N–H and O–H groups in total. The molecule has 4 heteroatoms. The highest BCUT2D eigenvalue weighted by Gasteiger charge is 2.16. The van der Waals surface area contributed by atoms with Crippen LogP contribution in [0.4, 0.5) is 5.69 Å². The van der Waals surface area contributed by atoms with Gasteiger partial charge in [0.25, 0.3) is 0 Å². The molecule has 0 aliphatic rings. The molecule has 0 radical (unpaired) electrons. The summed E-state index contributed by atoms with van der Waals surface area (Å²) in [5.41, 5.74) is 5.29. The van der Waals surface area contributed by atoms with E-state index in [1.54, 1.807) is 11.3 Å². The molecule has 0 saturated heterocycles. The maximum atomic E-state index is 12.8. The molecule has 1 atom stereocenters. The van der Waals surface area contributed by atoms with Crippen LogP contribution in [-0.4, -0.2) is 12.5 Å². The zero-order valence-electron chi connectivity index (χ0n) is 16.8. The van der Waals surface area contributed by atoms with Crippen molar-refractivity contribution in [1.82, 2.24) is 5.32 Å². The standard InChI is InChI=1S/C26H24N2OS/c1-19-13-15-21(16-14-19)26(24-12-7-17-30-24)27-18-25(29)28-23-11-6-5-10-22(23)20-8-3-2-4-9-20/h2-17,26-27H,18H2,1H3,(H,28,29)/t26-/m1/s1. The SMILES string of the molecule is Cc1ccc([C@@H](NCC(=O)Nc2ccccc2-c2ccccc2)c2cccs2)cc1. The van der Waals surface area contributed by atoms with E-state index in [2.05, 4.69) is 53.3 Å². The van der Waals surface area contributed by atoms with Crippen LogP contribution in [0.2, 0.25) is 0 Å². The van der Waals surface area contributed by atoms with Crippen LogP contribution < -0.4 is 10.6 Å². The molecular weight excluding hydrogens is 388 g/mol. The van der Waals surface area contributed by atoms with Gasteiger partial charge in [-0.05, 0) is 35.6 Å². The zero-order valence-corrected chi connectivity index (χ0v) is 17.7. The second-order valence-corrected chi connectivity index (χ2v) is 8.18. The van der Waals surface area contributed by atoms with Gasteiger partial charge in [-0.1, -0.05) is 84.4 Å². The van der Waals surface area contributed by atoms with Crippen molar-refractivity contribution in [2.75, 3.05) is 11.9 Å². The first-order valence-corrected chi connectivity index (χ1v) is 10.9. The van der Waals surface area contributed by atoms with E-state index in [-0.39, 0.29) is 18.5 Å². The van der Waals surface area contributed by atoms with Crippen LogP contribution in [0.3, 0.4) is 0 Å². The number of aryl methyl sites for hydroxylation is 1. The Morgan fingerprint density at radius 1 is 0.867 bits per heavy atom. The van der Waals surface area contributed by atoms with Crippen LogP contribution in [0, 0.1) is 6.92 Å². The normalized spacial score (nSPS) is 11.8. The Morgan fingerprint density at radius 2 is 1.60 bits per heavy atom. The molecule has 0 unspecified atom stereocenters. The summed E-state index contributed by atoms with van der Waals surface area (Å²) in [6.07, 6.45) is 0. The third-order valence-electron chi connectivity index (χ3n) is 4.99. The number of carbonyl (C=O) groups is 1. The van der Waals surface area contributed by atoms with Gasteiger partial charge in [-0.15, -0.1) is 11.3 Å². The van der Waals surface area contributed by atoms with Gasteiger partial charge >= 0.3 is 0 Å². The molecule has 3 nitrogen and oxygen atoms in total.